The Kier molecular flexibility index (Phi) is 7.21. The zero-order valence-electron chi connectivity index (χ0n) is 14.5. The highest BCUT2D eigenvalue weighted by atomic mass is 16.5. The van der Waals surface area contributed by atoms with Crippen molar-refractivity contribution in [3.8, 4) is 0 Å². The Morgan fingerprint density at radius 3 is 2.75 bits per heavy atom. The number of likely N-dealkylation sites (tertiary alicyclic amines) is 1. The summed E-state index contributed by atoms with van der Waals surface area (Å²) in [4.78, 5) is 25.6. The van der Waals surface area contributed by atoms with Crippen LogP contribution in [0.1, 0.15) is 24.9 Å². The molecule has 24 heavy (non-hydrogen) atoms. The number of rotatable bonds is 9. The number of benzene rings is 1. The van der Waals surface area contributed by atoms with Gasteiger partial charge in [0.2, 0.25) is 11.8 Å². The van der Waals surface area contributed by atoms with Gasteiger partial charge >= 0.3 is 0 Å². The molecule has 0 saturated carbocycles. The summed E-state index contributed by atoms with van der Waals surface area (Å²) in [5.41, 5.74) is 1.12. The first kappa shape index (κ1) is 18.4. The van der Waals surface area contributed by atoms with Crippen LogP contribution in [0.3, 0.4) is 0 Å². The smallest absolute Gasteiger partial charge is 0.227 e. The Labute approximate surface area is 143 Å². The second-order valence-corrected chi connectivity index (χ2v) is 6.04. The highest BCUT2D eigenvalue weighted by Crippen LogP contribution is 2.31. The number of nitrogens with zero attached hydrogens (tertiary/aromatic N) is 1. The summed E-state index contributed by atoms with van der Waals surface area (Å²) < 4.78 is 5.12. The molecule has 1 aromatic carbocycles. The van der Waals surface area contributed by atoms with Crippen molar-refractivity contribution in [3.63, 3.8) is 0 Å². The number of nitrogens with one attached hydrogen (secondary N) is 2. The zero-order valence-corrected chi connectivity index (χ0v) is 14.5. The fourth-order valence-corrected chi connectivity index (χ4v) is 3.13. The van der Waals surface area contributed by atoms with Crippen molar-refractivity contribution in [2.45, 2.75) is 19.4 Å². The van der Waals surface area contributed by atoms with Crippen LogP contribution in [0.25, 0.3) is 0 Å². The number of amides is 2. The fourth-order valence-electron chi connectivity index (χ4n) is 3.13. The number of methoxy groups -OCH3 is 1. The molecule has 1 aliphatic heterocycles. The summed E-state index contributed by atoms with van der Waals surface area (Å²) in [6, 6.07) is 10.1. The predicted octanol–water partition coefficient (Wildman–Crippen LogP) is 0.948. The average Bonchev–Trinajstić information content (AvgIpc) is 2.93. The van der Waals surface area contributed by atoms with Gasteiger partial charge in [-0.2, -0.15) is 0 Å². The lowest BCUT2D eigenvalue weighted by Gasteiger charge is -2.25. The first-order valence-electron chi connectivity index (χ1n) is 8.44. The van der Waals surface area contributed by atoms with Crippen molar-refractivity contribution in [3.05, 3.63) is 35.9 Å². The van der Waals surface area contributed by atoms with Crippen LogP contribution in [0.2, 0.25) is 0 Å². The number of carbonyl (C=O) groups excluding carboxylic acids is 2. The molecule has 2 atom stereocenters. The van der Waals surface area contributed by atoms with Gasteiger partial charge in [-0.25, -0.2) is 0 Å². The van der Waals surface area contributed by atoms with E-state index in [2.05, 4.69) is 22.8 Å². The fraction of sp³-hybridized carbons (Fsp3) is 0.556. The molecule has 0 bridgehead atoms. The Hall–Kier alpha value is -1.92. The quantitative estimate of drug-likeness (QED) is 0.660. The zero-order chi connectivity index (χ0) is 17.4. The Bertz CT molecular complexity index is 536. The van der Waals surface area contributed by atoms with Crippen LogP contribution >= 0.6 is 0 Å². The van der Waals surface area contributed by atoms with Crippen molar-refractivity contribution in [1.82, 2.24) is 15.5 Å². The molecule has 132 valence electrons. The van der Waals surface area contributed by atoms with E-state index >= 15 is 0 Å². The van der Waals surface area contributed by atoms with Crippen molar-refractivity contribution >= 4 is 11.8 Å². The minimum Gasteiger partial charge on any atom is -0.383 e. The van der Waals surface area contributed by atoms with E-state index < -0.39 is 0 Å². The lowest BCUT2D eigenvalue weighted by Crippen LogP contribution is -2.39. The summed E-state index contributed by atoms with van der Waals surface area (Å²) >= 11 is 0. The molecule has 2 unspecified atom stereocenters. The molecule has 6 heteroatoms. The molecule has 1 saturated heterocycles. The van der Waals surface area contributed by atoms with E-state index in [-0.39, 0.29) is 23.8 Å². The van der Waals surface area contributed by atoms with Gasteiger partial charge in [-0.05, 0) is 12.0 Å². The van der Waals surface area contributed by atoms with Crippen molar-refractivity contribution in [1.29, 1.82) is 0 Å². The van der Waals surface area contributed by atoms with Crippen LogP contribution in [-0.4, -0.2) is 56.6 Å². The van der Waals surface area contributed by atoms with E-state index in [9.17, 15) is 9.59 Å². The maximum absolute atomic E-state index is 12.8. The third-order valence-electron chi connectivity index (χ3n) is 4.33. The predicted molar refractivity (Wildman–Crippen MR) is 92.4 cm³/mol. The lowest BCUT2D eigenvalue weighted by molar-refractivity contribution is -0.132. The summed E-state index contributed by atoms with van der Waals surface area (Å²) in [5.74, 6) is 0.00213. The van der Waals surface area contributed by atoms with E-state index in [1.807, 2.05) is 23.1 Å². The summed E-state index contributed by atoms with van der Waals surface area (Å²) in [5, 5.41) is 6.21. The minimum absolute atomic E-state index is 0.0142. The first-order chi connectivity index (χ1) is 11.6. The molecular weight excluding hydrogens is 306 g/mol. The van der Waals surface area contributed by atoms with Gasteiger partial charge < -0.3 is 20.3 Å². The first-order valence-corrected chi connectivity index (χ1v) is 8.44. The van der Waals surface area contributed by atoms with Crippen molar-refractivity contribution in [2.75, 3.05) is 39.9 Å². The Morgan fingerprint density at radius 2 is 2.08 bits per heavy atom. The Morgan fingerprint density at radius 1 is 1.33 bits per heavy atom. The third kappa shape index (κ3) is 5.04. The summed E-state index contributed by atoms with van der Waals surface area (Å²) in [7, 11) is 1.67. The molecule has 6 nitrogen and oxygen atoms in total. The van der Waals surface area contributed by atoms with Gasteiger partial charge in [0.1, 0.15) is 0 Å². The van der Waals surface area contributed by atoms with Crippen LogP contribution in [0.5, 0.6) is 0 Å². The maximum atomic E-state index is 12.8. The highest BCUT2D eigenvalue weighted by molar-refractivity contribution is 5.82. The summed E-state index contributed by atoms with van der Waals surface area (Å²) in [6.45, 7) is 4.59. The molecule has 1 aromatic rings. The third-order valence-corrected chi connectivity index (χ3v) is 4.33. The van der Waals surface area contributed by atoms with E-state index in [0.29, 0.717) is 26.2 Å². The second-order valence-electron chi connectivity index (χ2n) is 6.04. The molecule has 2 N–H and O–H groups in total. The largest absolute Gasteiger partial charge is 0.383 e. The molecule has 0 aliphatic carbocycles. The molecule has 2 amide bonds. The average molecular weight is 333 g/mol. The SMILES string of the molecule is COCCNC(c1ccccc1)C1CCN(CCNC(C)=O)C1=O. The van der Waals surface area contributed by atoms with Crippen LogP contribution in [0.15, 0.2) is 30.3 Å². The van der Waals surface area contributed by atoms with Crippen LogP contribution < -0.4 is 10.6 Å². The van der Waals surface area contributed by atoms with E-state index in [4.69, 9.17) is 4.74 Å². The lowest BCUT2D eigenvalue weighted by atomic mass is 9.91. The van der Waals surface area contributed by atoms with Crippen LogP contribution in [0.4, 0.5) is 0 Å². The number of hydrogen-bond donors (Lipinski definition) is 2. The molecule has 1 aliphatic rings. The Balaban J connectivity index is 2.01. The molecule has 2 rings (SSSR count). The standard InChI is InChI=1S/C18H27N3O3/c1-14(22)19-9-12-21-11-8-16(18(21)23)17(20-10-13-24-2)15-6-4-3-5-7-15/h3-7,16-17,20H,8-13H2,1-2H3,(H,19,22). The van der Waals surface area contributed by atoms with Gasteiger partial charge in [-0.1, -0.05) is 30.3 Å². The van der Waals surface area contributed by atoms with E-state index in [1.54, 1.807) is 7.11 Å². The van der Waals surface area contributed by atoms with Gasteiger partial charge in [0.15, 0.2) is 0 Å². The number of ether oxygens (including phenoxy) is 1. The monoisotopic (exact) mass is 333 g/mol. The van der Waals surface area contributed by atoms with E-state index in [1.165, 1.54) is 6.92 Å². The molecular formula is C18H27N3O3. The normalized spacial score (nSPS) is 18.7. The van der Waals surface area contributed by atoms with Gasteiger partial charge in [0.05, 0.1) is 12.5 Å². The molecule has 1 heterocycles. The van der Waals surface area contributed by atoms with Crippen molar-refractivity contribution < 1.29 is 14.3 Å². The topological polar surface area (TPSA) is 70.7 Å². The van der Waals surface area contributed by atoms with Gasteiger partial charge in [-0.15, -0.1) is 0 Å². The van der Waals surface area contributed by atoms with Gasteiger partial charge in [0.25, 0.3) is 0 Å². The van der Waals surface area contributed by atoms with Crippen LogP contribution in [0, 0.1) is 5.92 Å². The molecule has 0 aromatic heterocycles. The molecule has 1 fully saturated rings. The van der Waals surface area contributed by atoms with E-state index in [0.717, 1.165) is 18.5 Å². The number of hydrogen-bond acceptors (Lipinski definition) is 4. The van der Waals surface area contributed by atoms with Crippen LogP contribution in [-0.2, 0) is 14.3 Å². The van der Waals surface area contributed by atoms with Gasteiger partial charge in [-0.3, -0.25) is 9.59 Å². The highest BCUT2D eigenvalue weighted by Gasteiger charge is 2.37. The molecule has 0 spiro atoms. The van der Waals surface area contributed by atoms with Crippen molar-refractivity contribution in [2.24, 2.45) is 5.92 Å². The number of carbonyl (C=O) groups is 2. The minimum atomic E-state index is -0.0819. The summed E-state index contributed by atoms with van der Waals surface area (Å²) in [6.07, 6.45) is 0.818. The second kappa shape index (κ2) is 9.39. The maximum Gasteiger partial charge on any atom is 0.227 e. The molecule has 0 radical (unpaired) electrons. The van der Waals surface area contributed by atoms with Gasteiger partial charge in [0, 0.05) is 46.3 Å².